The van der Waals surface area contributed by atoms with E-state index < -0.39 is 0 Å². The molecule has 3 heteroatoms. The number of hydrogen-bond donors (Lipinski definition) is 1. The van der Waals surface area contributed by atoms with Crippen LogP contribution in [0.25, 0.3) is 0 Å². The smallest absolute Gasteiger partial charge is 0.214 e. The molecular formula is C10H19NO2. The maximum absolute atomic E-state index is 10.6. The average molecular weight is 185 g/mol. The Morgan fingerprint density at radius 2 is 1.62 bits per heavy atom. The normalized spacial score (nSPS) is 16.2. The van der Waals surface area contributed by atoms with Crippen molar-refractivity contribution < 1.29 is 9.59 Å². The topological polar surface area (TPSA) is 60.2 Å². The van der Waals surface area contributed by atoms with Crippen molar-refractivity contribution in [1.29, 1.82) is 0 Å². The number of carbonyl (C=O) groups is 2. The molecule has 0 spiro atoms. The van der Waals surface area contributed by atoms with Gasteiger partial charge in [-0.15, -0.1) is 0 Å². The van der Waals surface area contributed by atoms with Crippen molar-refractivity contribution >= 4 is 11.7 Å². The number of hydrogen-bond acceptors (Lipinski definition) is 2. The first-order valence-electron chi connectivity index (χ1n) is 4.78. The minimum Gasteiger partial charge on any atom is -0.370 e. The molecule has 76 valence electrons. The van der Waals surface area contributed by atoms with Crippen LogP contribution >= 0.6 is 0 Å². The number of amides is 1. The van der Waals surface area contributed by atoms with Crippen LogP contribution in [-0.2, 0) is 9.59 Å². The van der Waals surface area contributed by atoms with Gasteiger partial charge in [0, 0.05) is 13.3 Å². The first kappa shape index (κ1) is 12.1. The summed E-state index contributed by atoms with van der Waals surface area (Å²) in [7, 11) is 0. The third-order valence-electron chi connectivity index (χ3n) is 2.05. The van der Waals surface area contributed by atoms with E-state index in [-0.39, 0.29) is 5.91 Å². The Bertz CT molecular complexity index is 168. The van der Waals surface area contributed by atoms with Crippen molar-refractivity contribution in [2.24, 2.45) is 11.7 Å². The van der Waals surface area contributed by atoms with Crippen LogP contribution in [0, 0.1) is 5.92 Å². The van der Waals surface area contributed by atoms with E-state index in [9.17, 15) is 9.59 Å². The van der Waals surface area contributed by atoms with E-state index in [2.05, 4.69) is 5.73 Å². The maximum atomic E-state index is 10.6. The van der Waals surface area contributed by atoms with Crippen LogP contribution in [0.1, 0.15) is 46.0 Å². The van der Waals surface area contributed by atoms with Crippen molar-refractivity contribution in [2.45, 2.75) is 46.0 Å². The summed E-state index contributed by atoms with van der Waals surface area (Å²) in [6, 6.07) is 0. The molecule has 0 aromatic carbocycles. The summed E-state index contributed by atoms with van der Waals surface area (Å²) in [5, 5.41) is 0. The molecule has 1 aliphatic carbocycles. The minimum atomic E-state index is -0.333. The van der Waals surface area contributed by atoms with E-state index in [1.807, 2.05) is 0 Å². The fraction of sp³-hybridized carbons (Fsp3) is 0.800. The number of rotatable bonds is 2. The predicted molar refractivity (Wildman–Crippen MR) is 52.1 cm³/mol. The molecule has 1 amide bonds. The molecule has 1 aliphatic rings. The Labute approximate surface area is 79.7 Å². The van der Waals surface area contributed by atoms with Crippen LogP contribution < -0.4 is 5.73 Å². The van der Waals surface area contributed by atoms with Crippen molar-refractivity contribution in [3.05, 3.63) is 0 Å². The lowest BCUT2D eigenvalue weighted by atomic mass is 10.0. The number of nitrogens with two attached hydrogens (primary N) is 1. The lowest BCUT2D eigenvalue weighted by Crippen LogP contribution is -2.01. The van der Waals surface area contributed by atoms with Gasteiger partial charge >= 0.3 is 0 Å². The maximum Gasteiger partial charge on any atom is 0.214 e. The lowest BCUT2D eigenvalue weighted by Gasteiger charge is -2.02. The molecule has 0 heterocycles. The Morgan fingerprint density at radius 3 is 1.92 bits per heavy atom. The number of ketones is 1. The summed E-state index contributed by atoms with van der Waals surface area (Å²) in [5.41, 5.74) is 4.47. The minimum absolute atomic E-state index is 0.333. The Balaban J connectivity index is 0.000000310. The van der Waals surface area contributed by atoms with Gasteiger partial charge in [-0.1, -0.05) is 25.7 Å². The summed E-state index contributed by atoms with van der Waals surface area (Å²) in [6.07, 6.45) is 6.11. The number of Topliss-reactive ketones (excluding diaryl/α,β-unsaturated/α-hetero) is 1. The van der Waals surface area contributed by atoms with E-state index in [0.717, 1.165) is 12.3 Å². The van der Waals surface area contributed by atoms with E-state index in [4.69, 9.17) is 0 Å². The third-order valence-corrected chi connectivity index (χ3v) is 2.05. The van der Waals surface area contributed by atoms with Crippen LogP contribution in [0.5, 0.6) is 0 Å². The van der Waals surface area contributed by atoms with Gasteiger partial charge in [0.2, 0.25) is 5.91 Å². The molecule has 0 saturated heterocycles. The molecule has 0 aromatic rings. The summed E-state index contributed by atoms with van der Waals surface area (Å²) in [5.74, 6) is 0.768. The van der Waals surface area contributed by atoms with Crippen LogP contribution in [0.2, 0.25) is 0 Å². The third kappa shape index (κ3) is 9.05. The molecule has 0 atom stereocenters. The van der Waals surface area contributed by atoms with E-state index >= 15 is 0 Å². The predicted octanol–water partition coefficient (Wildman–Crippen LogP) is 1.65. The van der Waals surface area contributed by atoms with E-state index in [1.165, 1.54) is 32.6 Å². The van der Waals surface area contributed by atoms with Gasteiger partial charge in [-0.3, -0.25) is 4.79 Å². The zero-order chi connectivity index (χ0) is 10.3. The highest BCUT2D eigenvalue weighted by molar-refractivity contribution is 5.75. The molecule has 0 aromatic heterocycles. The van der Waals surface area contributed by atoms with E-state index in [0.29, 0.717) is 5.78 Å². The largest absolute Gasteiger partial charge is 0.370 e. The average Bonchev–Trinajstić information content (AvgIpc) is 2.36. The van der Waals surface area contributed by atoms with Gasteiger partial charge in [0.1, 0.15) is 5.78 Å². The molecule has 1 rings (SSSR count). The molecule has 0 bridgehead atoms. The molecule has 2 N–H and O–H groups in total. The SMILES string of the molecule is CC(=O)CC1CCCC1.CC(N)=O. The van der Waals surface area contributed by atoms with Gasteiger partial charge in [0.15, 0.2) is 0 Å². The molecule has 1 saturated carbocycles. The molecular weight excluding hydrogens is 166 g/mol. The standard InChI is InChI=1S/C8H14O.C2H5NO/c1-7(9)6-8-4-2-3-5-8;1-2(3)4/h8H,2-6H2,1H3;1H3,(H2,3,4). The number of primary amides is 1. The Morgan fingerprint density at radius 1 is 1.23 bits per heavy atom. The summed E-state index contributed by atoms with van der Waals surface area (Å²) in [6.45, 7) is 3.00. The zero-order valence-electron chi connectivity index (χ0n) is 8.51. The summed E-state index contributed by atoms with van der Waals surface area (Å²) >= 11 is 0. The van der Waals surface area contributed by atoms with Gasteiger partial charge in [0.25, 0.3) is 0 Å². The highest BCUT2D eigenvalue weighted by Gasteiger charge is 2.15. The second kappa shape index (κ2) is 6.63. The zero-order valence-corrected chi connectivity index (χ0v) is 8.51. The highest BCUT2D eigenvalue weighted by Crippen LogP contribution is 2.27. The second-order valence-corrected chi connectivity index (χ2v) is 3.67. The molecule has 0 unspecified atom stereocenters. The quantitative estimate of drug-likeness (QED) is 0.711. The van der Waals surface area contributed by atoms with Gasteiger partial charge in [-0.2, -0.15) is 0 Å². The van der Waals surface area contributed by atoms with Crippen molar-refractivity contribution in [3.63, 3.8) is 0 Å². The van der Waals surface area contributed by atoms with E-state index in [1.54, 1.807) is 6.92 Å². The van der Waals surface area contributed by atoms with Crippen LogP contribution in [0.3, 0.4) is 0 Å². The molecule has 0 radical (unpaired) electrons. The molecule has 0 aliphatic heterocycles. The second-order valence-electron chi connectivity index (χ2n) is 3.67. The van der Waals surface area contributed by atoms with Crippen molar-refractivity contribution in [2.75, 3.05) is 0 Å². The molecule has 3 nitrogen and oxygen atoms in total. The van der Waals surface area contributed by atoms with Gasteiger partial charge < -0.3 is 10.5 Å². The highest BCUT2D eigenvalue weighted by atomic mass is 16.1. The van der Waals surface area contributed by atoms with Crippen LogP contribution in [-0.4, -0.2) is 11.7 Å². The van der Waals surface area contributed by atoms with Gasteiger partial charge in [0.05, 0.1) is 0 Å². The Kier molecular flexibility index (Phi) is 6.20. The fourth-order valence-electron chi connectivity index (χ4n) is 1.62. The van der Waals surface area contributed by atoms with Crippen molar-refractivity contribution in [3.8, 4) is 0 Å². The molecule has 13 heavy (non-hydrogen) atoms. The van der Waals surface area contributed by atoms with Gasteiger partial charge in [-0.25, -0.2) is 0 Å². The van der Waals surface area contributed by atoms with Crippen LogP contribution in [0.15, 0.2) is 0 Å². The fourth-order valence-corrected chi connectivity index (χ4v) is 1.62. The molecule has 1 fully saturated rings. The van der Waals surface area contributed by atoms with Gasteiger partial charge in [-0.05, 0) is 12.8 Å². The monoisotopic (exact) mass is 185 g/mol. The summed E-state index contributed by atoms with van der Waals surface area (Å²) in [4.78, 5) is 19.8. The van der Waals surface area contributed by atoms with Crippen LogP contribution in [0.4, 0.5) is 0 Å². The number of carbonyl (C=O) groups excluding carboxylic acids is 2. The first-order valence-corrected chi connectivity index (χ1v) is 4.78. The first-order chi connectivity index (χ1) is 6.02. The summed E-state index contributed by atoms with van der Waals surface area (Å²) < 4.78 is 0. The van der Waals surface area contributed by atoms with Crippen molar-refractivity contribution in [1.82, 2.24) is 0 Å². The lowest BCUT2D eigenvalue weighted by molar-refractivity contribution is -0.118. The Hall–Kier alpha value is -0.860.